The summed E-state index contributed by atoms with van der Waals surface area (Å²) >= 11 is 11.8. The second-order valence-electron chi connectivity index (χ2n) is 5.64. The van der Waals surface area contributed by atoms with E-state index in [1.54, 1.807) is 24.3 Å². The van der Waals surface area contributed by atoms with Gasteiger partial charge in [-0.25, -0.2) is 0 Å². The zero-order valence-corrected chi connectivity index (χ0v) is 16.4. The van der Waals surface area contributed by atoms with E-state index in [1.807, 2.05) is 25.1 Å². The number of amides is 2. The Bertz CT molecular complexity index is 787. The van der Waals surface area contributed by atoms with Crippen LogP contribution < -0.4 is 20.3 Å². The first-order valence-corrected chi connectivity index (χ1v) is 9.09. The molecule has 0 saturated heterocycles. The number of hydrogen-bond donors (Lipinski definition) is 2. The Morgan fingerprint density at radius 3 is 2.30 bits per heavy atom. The number of hydrazine groups is 1. The lowest BCUT2D eigenvalue weighted by molar-refractivity contribution is -0.135. The summed E-state index contributed by atoms with van der Waals surface area (Å²) in [6.07, 6.45) is -1.20. The van der Waals surface area contributed by atoms with Crippen LogP contribution in [0.5, 0.6) is 11.5 Å². The number of carbonyl (C=O) groups excluding carboxylic acids is 2. The van der Waals surface area contributed by atoms with Crippen LogP contribution in [0.4, 0.5) is 0 Å². The topological polar surface area (TPSA) is 76.7 Å². The van der Waals surface area contributed by atoms with Gasteiger partial charge >= 0.3 is 0 Å². The minimum absolute atomic E-state index is 0.286. The second-order valence-corrected chi connectivity index (χ2v) is 6.48. The maximum absolute atomic E-state index is 12.2. The molecule has 27 heavy (non-hydrogen) atoms. The predicted molar refractivity (Wildman–Crippen MR) is 104 cm³/mol. The molecule has 0 fully saturated rings. The van der Waals surface area contributed by atoms with Crippen LogP contribution in [0, 0.1) is 0 Å². The molecule has 144 valence electrons. The lowest BCUT2D eigenvalue weighted by Crippen LogP contribution is -2.51. The molecule has 2 amide bonds. The molecule has 0 aliphatic heterocycles. The minimum atomic E-state index is -0.890. The van der Waals surface area contributed by atoms with E-state index >= 15 is 0 Å². The third-order valence-corrected chi connectivity index (χ3v) is 4.09. The lowest BCUT2D eigenvalue weighted by atomic mass is 10.2. The maximum atomic E-state index is 12.2. The molecular formula is C19H20Cl2N2O4. The number of carbonyl (C=O) groups is 2. The molecule has 0 aliphatic carbocycles. The summed E-state index contributed by atoms with van der Waals surface area (Å²) in [6.45, 7) is 3.34. The molecule has 2 unspecified atom stereocenters. The van der Waals surface area contributed by atoms with Gasteiger partial charge in [0.05, 0.1) is 5.02 Å². The van der Waals surface area contributed by atoms with Crippen LogP contribution >= 0.6 is 23.2 Å². The Balaban J connectivity index is 1.86. The zero-order valence-electron chi connectivity index (χ0n) is 14.9. The third kappa shape index (κ3) is 6.34. The molecule has 0 aliphatic rings. The van der Waals surface area contributed by atoms with Crippen molar-refractivity contribution in [1.29, 1.82) is 0 Å². The molecule has 0 bridgehead atoms. The van der Waals surface area contributed by atoms with Crippen molar-refractivity contribution in [3.05, 3.63) is 58.6 Å². The van der Waals surface area contributed by atoms with Crippen LogP contribution in [0.2, 0.25) is 10.0 Å². The maximum Gasteiger partial charge on any atom is 0.279 e. The fourth-order valence-electron chi connectivity index (χ4n) is 2.11. The Labute approximate surface area is 167 Å². The number of para-hydroxylation sites is 1. The van der Waals surface area contributed by atoms with Crippen LogP contribution in [0.25, 0.3) is 0 Å². The monoisotopic (exact) mass is 410 g/mol. The van der Waals surface area contributed by atoms with Crippen molar-refractivity contribution in [3.63, 3.8) is 0 Å². The summed E-state index contributed by atoms with van der Waals surface area (Å²) in [7, 11) is 0. The van der Waals surface area contributed by atoms with Gasteiger partial charge in [0.2, 0.25) is 0 Å². The summed E-state index contributed by atoms with van der Waals surface area (Å²) in [6, 6.07) is 13.6. The fourth-order valence-corrected chi connectivity index (χ4v) is 2.56. The first kappa shape index (κ1) is 20.9. The summed E-state index contributed by atoms with van der Waals surface area (Å²) in [5, 5.41) is 0.745. The highest BCUT2D eigenvalue weighted by atomic mass is 35.5. The van der Waals surface area contributed by atoms with Crippen molar-refractivity contribution >= 4 is 35.0 Å². The Morgan fingerprint density at radius 2 is 1.67 bits per heavy atom. The summed E-state index contributed by atoms with van der Waals surface area (Å²) in [4.78, 5) is 24.4. The van der Waals surface area contributed by atoms with Gasteiger partial charge in [-0.15, -0.1) is 0 Å². The van der Waals surface area contributed by atoms with E-state index in [0.717, 1.165) is 0 Å². The molecule has 6 nitrogen and oxygen atoms in total. The van der Waals surface area contributed by atoms with Gasteiger partial charge in [-0.2, -0.15) is 0 Å². The molecule has 2 atom stereocenters. The van der Waals surface area contributed by atoms with Gasteiger partial charge in [0, 0.05) is 5.02 Å². The number of rotatable bonds is 7. The molecule has 2 N–H and O–H groups in total. The van der Waals surface area contributed by atoms with Gasteiger partial charge in [-0.1, -0.05) is 48.3 Å². The van der Waals surface area contributed by atoms with E-state index < -0.39 is 24.0 Å². The minimum Gasteiger partial charge on any atom is -0.481 e. The van der Waals surface area contributed by atoms with Crippen molar-refractivity contribution < 1.29 is 19.1 Å². The summed E-state index contributed by atoms with van der Waals surface area (Å²) in [5.41, 5.74) is 4.67. The Kier molecular flexibility index (Phi) is 7.76. The zero-order chi connectivity index (χ0) is 19.8. The van der Waals surface area contributed by atoms with Gasteiger partial charge in [-0.05, 0) is 43.7 Å². The number of hydrogen-bond acceptors (Lipinski definition) is 4. The van der Waals surface area contributed by atoms with Crippen molar-refractivity contribution in [2.45, 2.75) is 32.5 Å². The normalized spacial score (nSPS) is 12.6. The first-order chi connectivity index (χ1) is 12.9. The quantitative estimate of drug-likeness (QED) is 0.681. The Hall–Kier alpha value is -2.44. The highest BCUT2D eigenvalue weighted by Crippen LogP contribution is 2.28. The van der Waals surface area contributed by atoms with Gasteiger partial charge in [0.25, 0.3) is 11.8 Å². The molecular weight excluding hydrogens is 391 g/mol. The van der Waals surface area contributed by atoms with E-state index in [9.17, 15) is 9.59 Å². The number of ether oxygens (including phenoxy) is 2. The van der Waals surface area contributed by atoms with E-state index in [1.165, 1.54) is 13.0 Å². The van der Waals surface area contributed by atoms with Crippen LogP contribution in [0.15, 0.2) is 48.5 Å². The molecule has 2 rings (SSSR count). The van der Waals surface area contributed by atoms with E-state index in [-0.39, 0.29) is 5.02 Å². The van der Waals surface area contributed by atoms with Gasteiger partial charge in [-0.3, -0.25) is 20.4 Å². The molecule has 0 saturated carbocycles. The van der Waals surface area contributed by atoms with Crippen LogP contribution in [-0.2, 0) is 9.59 Å². The average Bonchev–Trinajstić information content (AvgIpc) is 2.66. The number of benzene rings is 2. The van der Waals surface area contributed by atoms with Crippen molar-refractivity contribution in [1.82, 2.24) is 10.9 Å². The van der Waals surface area contributed by atoms with Crippen molar-refractivity contribution in [3.8, 4) is 11.5 Å². The predicted octanol–water partition coefficient (Wildman–Crippen LogP) is 3.77. The Morgan fingerprint density at radius 1 is 1.00 bits per heavy atom. The number of nitrogens with one attached hydrogen (secondary N) is 2. The lowest BCUT2D eigenvalue weighted by Gasteiger charge is -2.19. The highest BCUT2D eigenvalue weighted by Gasteiger charge is 2.21. The number of halogens is 2. The SMILES string of the molecule is CCC(Oc1ccccc1)C(=O)NNC(=O)C(C)Oc1ccc(Cl)cc1Cl. The second kappa shape index (κ2) is 10.0. The van der Waals surface area contributed by atoms with Crippen LogP contribution in [0.3, 0.4) is 0 Å². The summed E-state index contributed by atoms with van der Waals surface area (Å²) in [5.74, 6) is -0.121. The van der Waals surface area contributed by atoms with Gasteiger partial charge in [0.1, 0.15) is 11.5 Å². The van der Waals surface area contributed by atoms with E-state index in [2.05, 4.69) is 10.9 Å². The van der Waals surface area contributed by atoms with Gasteiger partial charge in [0.15, 0.2) is 12.2 Å². The molecule has 0 heterocycles. The molecule has 8 heteroatoms. The van der Waals surface area contributed by atoms with Crippen LogP contribution in [-0.4, -0.2) is 24.0 Å². The molecule has 2 aromatic carbocycles. The smallest absolute Gasteiger partial charge is 0.279 e. The van der Waals surface area contributed by atoms with Crippen molar-refractivity contribution in [2.75, 3.05) is 0 Å². The largest absolute Gasteiger partial charge is 0.481 e. The summed E-state index contributed by atoms with van der Waals surface area (Å²) < 4.78 is 11.1. The van der Waals surface area contributed by atoms with E-state index in [0.29, 0.717) is 22.9 Å². The highest BCUT2D eigenvalue weighted by molar-refractivity contribution is 6.35. The standard InChI is InChI=1S/C19H20Cl2N2O4/c1-3-16(27-14-7-5-4-6-8-14)19(25)23-22-18(24)12(2)26-17-10-9-13(20)11-15(17)21/h4-12,16H,3H2,1-2H3,(H,22,24)(H,23,25). The molecule has 0 spiro atoms. The van der Waals surface area contributed by atoms with Crippen LogP contribution in [0.1, 0.15) is 20.3 Å². The van der Waals surface area contributed by atoms with Gasteiger partial charge < -0.3 is 9.47 Å². The first-order valence-electron chi connectivity index (χ1n) is 8.33. The average molecular weight is 411 g/mol. The fraction of sp³-hybridized carbons (Fsp3) is 0.263. The van der Waals surface area contributed by atoms with Crippen molar-refractivity contribution in [2.24, 2.45) is 0 Å². The van der Waals surface area contributed by atoms with E-state index in [4.69, 9.17) is 32.7 Å². The third-order valence-electron chi connectivity index (χ3n) is 3.56. The molecule has 0 aromatic heterocycles. The molecule has 0 radical (unpaired) electrons. The molecule has 2 aromatic rings.